The van der Waals surface area contributed by atoms with E-state index in [1.807, 2.05) is 51.7 Å². The maximum Gasteiger partial charge on any atom is 0.203 e. The Labute approximate surface area is 251 Å². The molecule has 3 heterocycles. The van der Waals surface area contributed by atoms with Crippen LogP contribution in [0.4, 0.5) is 0 Å². The summed E-state index contributed by atoms with van der Waals surface area (Å²) in [5.74, 6) is 2.21. The number of hydrogen-bond acceptors (Lipinski definition) is 6. The number of nitrogens with zero attached hydrogens (tertiary/aromatic N) is 5. The van der Waals surface area contributed by atoms with E-state index in [4.69, 9.17) is 26.8 Å². The molecule has 1 atom stereocenters. The largest absolute Gasteiger partial charge is 0.485 e. The van der Waals surface area contributed by atoms with E-state index in [1.54, 1.807) is 0 Å². The molecular weight excluding hydrogens is 542 g/mol. The molecule has 0 amide bonds. The summed E-state index contributed by atoms with van der Waals surface area (Å²) in [5.41, 5.74) is 3.60. The van der Waals surface area contributed by atoms with Crippen LogP contribution in [0, 0.1) is 4.77 Å². The molecule has 1 saturated heterocycles. The fourth-order valence-electron chi connectivity index (χ4n) is 5.93. The SMILES string of the molecule is S=c1n(CN2CCN(C(c3ccccc3)c3ccccc3)CC2)nc([C@H]2COc3ccccc3O2)n1-c1ccccc1. The Bertz CT molecular complexity index is 1640. The number of ether oxygens (including phenoxy) is 2. The second-order valence-corrected chi connectivity index (χ2v) is 11.1. The molecule has 5 aromatic rings. The maximum absolute atomic E-state index is 6.37. The quantitative estimate of drug-likeness (QED) is 0.213. The predicted octanol–water partition coefficient (Wildman–Crippen LogP) is 6.28. The molecule has 1 fully saturated rings. The fourth-order valence-corrected chi connectivity index (χ4v) is 6.23. The summed E-state index contributed by atoms with van der Waals surface area (Å²) in [4.78, 5) is 5.01. The normalized spacial score (nSPS) is 17.4. The van der Waals surface area contributed by atoms with Crippen LogP contribution >= 0.6 is 12.2 Å². The third kappa shape index (κ3) is 5.36. The van der Waals surface area contributed by atoms with Crippen molar-refractivity contribution in [2.75, 3.05) is 32.8 Å². The van der Waals surface area contributed by atoms with E-state index in [0.29, 0.717) is 18.0 Å². The van der Waals surface area contributed by atoms with Gasteiger partial charge in [0, 0.05) is 31.9 Å². The topological polar surface area (TPSA) is 47.7 Å². The number of fused-ring (bicyclic) bond motifs is 1. The molecule has 212 valence electrons. The molecule has 0 N–H and O–H groups in total. The number of piperazine rings is 1. The molecule has 0 spiro atoms. The van der Waals surface area contributed by atoms with Gasteiger partial charge in [-0.25, -0.2) is 4.68 Å². The molecule has 42 heavy (non-hydrogen) atoms. The molecule has 0 aliphatic carbocycles. The molecule has 8 heteroatoms. The van der Waals surface area contributed by atoms with Gasteiger partial charge in [-0.15, -0.1) is 0 Å². The Morgan fingerprint density at radius 1 is 0.714 bits per heavy atom. The van der Waals surface area contributed by atoms with Crippen molar-refractivity contribution in [2.45, 2.75) is 18.8 Å². The van der Waals surface area contributed by atoms with Gasteiger partial charge in [-0.05, 0) is 47.6 Å². The van der Waals surface area contributed by atoms with Gasteiger partial charge in [0.2, 0.25) is 4.77 Å². The van der Waals surface area contributed by atoms with Crippen molar-refractivity contribution in [1.29, 1.82) is 0 Å². The van der Waals surface area contributed by atoms with Crippen LogP contribution in [0.5, 0.6) is 11.5 Å². The first-order chi connectivity index (χ1) is 20.7. The molecule has 2 aliphatic rings. The summed E-state index contributed by atoms with van der Waals surface area (Å²) in [6.45, 7) is 4.72. The van der Waals surface area contributed by atoms with Crippen LogP contribution in [0.1, 0.15) is 29.1 Å². The molecule has 7 rings (SSSR count). The third-order valence-corrected chi connectivity index (χ3v) is 8.41. The zero-order valence-electron chi connectivity index (χ0n) is 23.3. The summed E-state index contributed by atoms with van der Waals surface area (Å²) in [7, 11) is 0. The average Bonchev–Trinajstić information content (AvgIpc) is 3.38. The van der Waals surface area contributed by atoms with Gasteiger partial charge in [-0.3, -0.25) is 14.4 Å². The van der Waals surface area contributed by atoms with Gasteiger partial charge in [0.05, 0.1) is 12.7 Å². The van der Waals surface area contributed by atoms with Crippen molar-refractivity contribution < 1.29 is 9.47 Å². The predicted molar refractivity (Wildman–Crippen MR) is 166 cm³/mol. The minimum atomic E-state index is -0.377. The zero-order chi connectivity index (χ0) is 28.3. The Kier molecular flexibility index (Phi) is 7.57. The molecule has 4 aromatic carbocycles. The van der Waals surface area contributed by atoms with Crippen LogP contribution in [0.15, 0.2) is 115 Å². The molecule has 0 bridgehead atoms. The first-order valence-electron chi connectivity index (χ1n) is 14.4. The Balaban J connectivity index is 1.12. The number of para-hydroxylation sites is 3. The number of benzene rings is 4. The standard InChI is InChI=1S/C34H33N5O2S/c42-34-38(25-36-20-22-37(23-21-36)32(26-12-4-1-5-13-26)27-14-6-2-7-15-27)35-33(39(34)28-16-8-3-9-17-28)31-24-40-29-18-10-11-19-30(29)41-31/h1-19,31-32H,20-25H2/t31-/m1/s1. The van der Waals surface area contributed by atoms with Crippen LogP contribution in [-0.4, -0.2) is 56.9 Å². The smallest absolute Gasteiger partial charge is 0.203 e. The molecule has 0 unspecified atom stereocenters. The second-order valence-electron chi connectivity index (χ2n) is 10.7. The van der Waals surface area contributed by atoms with Crippen molar-refractivity contribution in [3.63, 3.8) is 0 Å². The van der Waals surface area contributed by atoms with Gasteiger partial charge in [-0.2, -0.15) is 5.10 Å². The third-order valence-electron chi connectivity index (χ3n) is 8.01. The molecule has 2 aliphatic heterocycles. The van der Waals surface area contributed by atoms with Crippen molar-refractivity contribution in [1.82, 2.24) is 24.1 Å². The lowest BCUT2D eigenvalue weighted by Gasteiger charge is -2.39. The van der Waals surface area contributed by atoms with E-state index in [-0.39, 0.29) is 12.1 Å². The summed E-state index contributed by atoms with van der Waals surface area (Å²) in [5, 5.41) is 5.04. The Morgan fingerprint density at radius 2 is 1.29 bits per heavy atom. The van der Waals surface area contributed by atoms with Crippen LogP contribution in [0.3, 0.4) is 0 Å². The summed E-state index contributed by atoms with van der Waals surface area (Å²) in [6, 6.07) is 39.7. The van der Waals surface area contributed by atoms with Gasteiger partial charge < -0.3 is 9.47 Å². The van der Waals surface area contributed by atoms with Gasteiger partial charge in [0.1, 0.15) is 6.61 Å². The highest BCUT2D eigenvalue weighted by molar-refractivity contribution is 7.71. The van der Waals surface area contributed by atoms with Crippen molar-refractivity contribution in [3.05, 3.63) is 137 Å². The first kappa shape index (κ1) is 26.6. The van der Waals surface area contributed by atoms with Crippen molar-refractivity contribution in [2.24, 2.45) is 0 Å². The highest BCUT2D eigenvalue weighted by atomic mass is 32.1. The van der Waals surface area contributed by atoms with Crippen LogP contribution in [0.2, 0.25) is 0 Å². The maximum atomic E-state index is 6.37. The van der Waals surface area contributed by atoms with Crippen molar-refractivity contribution >= 4 is 12.2 Å². The summed E-state index contributed by atoms with van der Waals surface area (Å²) in [6.07, 6.45) is -0.377. The van der Waals surface area contributed by atoms with Crippen LogP contribution < -0.4 is 9.47 Å². The Morgan fingerprint density at radius 3 is 1.93 bits per heavy atom. The van der Waals surface area contributed by atoms with E-state index in [0.717, 1.165) is 49.2 Å². The van der Waals surface area contributed by atoms with E-state index >= 15 is 0 Å². The summed E-state index contributed by atoms with van der Waals surface area (Å²) < 4.78 is 17.0. The lowest BCUT2D eigenvalue weighted by molar-refractivity contribution is 0.0779. The second kappa shape index (κ2) is 11.9. The van der Waals surface area contributed by atoms with Crippen LogP contribution in [-0.2, 0) is 6.67 Å². The highest BCUT2D eigenvalue weighted by Gasteiger charge is 2.30. The summed E-state index contributed by atoms with van der Waals surface area (Å²) >= 11 is 6.03. The molecule has 1 aromatic heterocycles. The molecule has 0 saturated carbocycles. The lowest BCUT2D eigenvalue weighted by Crippen LogP contribution is -2.48. The molecule has 7 nitrogen and oxygen atoms in total. The van der Waals surface area contributed by atoms with Gasteiger partial charge >= 0.3 is 0 Å². The number of hydrogen-bond donors (Lipinski definition) is 0. The van der Waals surface area contributed by atoms with Gasteiger partial charge in [0.15, 0.2) is 23.4 Å². The van der Waals surface area contributed by atoms with E-state index in [9.17, 15) is 0 Å². The first-order valence-corrected chi connectivity index (χ1v) is 14.9. The number of aromatic nitrogens is 3. The molecular formula is C34H33N5O2S. The van der Waals surface area contributed by atoms with E-state index in [2.05, 4.69) is 82.6 Å². The van der Waals surface area contributed by atoms with Gasteiger partial charge in [-0.1, -0.05) is 91.0 Å². The molecule has 0 radical (unpaired) electrons. The van der Waals surface area contributed by atoms with Crippen LogP contribution in [0.25, 0.3) is 5.69 Å². The van der Waals surface area contributed by atoms with Gasteiger partial charge in [0.25, 0.3) is 0 Å². The number of rotatable bonds is 7. The monoisotopic (exact) mass is 575 g/mol. The average molecular weight is 576 g/mol. The Hall–Kier alpha value is -4.24. The van der Waals surface area contributed by atoms with Crippen molar-refractivity contribution in [3.8, 4) is 17.2 Å². The minimum Gasteiger partial charge on any atom is -0.485 e. The minimum absolute atomic E-state index is 0.229. The lowest BCUT2D eigenvalue weighted by atomic mass is 9.96. The van der Waals surface area contributed by atoms with E-state index in [1.165, 1.54) is 11.1 Å². The highest BCUT2D eigenvalue weighted by Crippen LogP contribution is 2.36. The van der Waals surface area contributed by atoms with E-state index < -0.39 is 0 Å². The zero-order valence-corrected chi connectivity index (χ0v) is 24.1. The fraction of sp³-hybridized carbons (Fsp3) is 0.235.